The lowest BCUT2D eigenvalue weighted by molar-refractivity contribution is -0.132. The first kappa shape index (κ1) is 22.1. The topological polar surface area (TPSA) is 84.3 Å². The van der Waals surface area contributed by atoms with E-state index in [1.165, 1.54) is 6.42 Å². The van der Waals surface area contributed by atoms with E-state index < -0.39 is 0 Å². The number of aryl methyl sites for hydroxylation is 1. The van der Waals surface area contributed by atoms with Gasteiger partial charge in [-0.3, -0.25) is 19.0 Å². The van der Waals surface area contributed by atoms with E-state index in [0.29, 0.717) is 36.8 Å². The summed E-state index contributed by atoms with van der Waals surface area (Å²) in [4.78, 5) is 45.1. The van der Waals surface area contributed by atoms with Crippen molar-refractivity contribution in [3.8, 4) is 0 Å². The molecule has 7 heteroatoms. The SMILES string of the molecule is O=C(NC1CCN(C(=O)CCc2nc3ccccc3c(=O)n2C2CC2)CC1)C1CCCCC1. The van der Waals surface area contributed by atoms with E-state index in [1.807, 2.05) is 33.7 Å². The minimum Gasteiger partial charge on any atom is -0.353 e. The third kappa shape index (κ3) is 4.97. The molecule has 1 N–H and O–H groups in total. The van der Waals surface area contributed by atoms with Crippen molar-refractivity contribution in [3.05, 3.63) is 40.4 Å². The highest BCUT2D eigenvalue weighted by molar-refractivity contribution is 5.79. The van der Waals surface area contributed by atoms with Gasteiger partial charge in [-0.25, -0.2) is 4.98 Å². The zero-order valence-electron chi connectivity index (χ0n) is 19.3. The van der Waals surface area contributed by atoms with Gasteiger partial charge >= 0.3 is 0 Å². The number of carbonyl (C=O) groups is 2. The zero-order valence-corrected chi connectivity index (χ0v) is 19.3. The van der Waals surface area contributed by atoms with Crippen LogP contribution in [0.3, 0.4) is 0 Å². The number of fused-ring (bicyclic) bond motifs is 1. The zero-order chi connectivity index (χ0) is 22.8. The lowest BCUT2D eigenvalue weighted by Crippen LogP contribution is -2.48. The molecule has 1 aromatic carbocycles. The molecule has 2 aliphatic carbocycles. The summed E-state index contributed by atoms with van der Waals surface area (Å²) in [7, 11) is 0. The number of rotatable bonds is 6. The molecule has 1 saturated heterocycles. The number of para-hydroxylation sites is 1. The van der Waals surface area contributed by atoms with Gasteiger partial charge in [0, 0.05) is 43.9 Å². The second-order valence-electron chi connectivity index (χ2n) is 9.95. The van der Waals surface area contributed by atoms with E-state index in [-0.39, 0.29) is 35.4 Å². The Hall–Kier alpha value is -2.70. The Balaban J connectivity index is 1.16. The molecule has 0 spiro atoms. The standard InChI is InChI=1S/C26H34N4O3/c31-24(29-16-14-19(15-17-29)27-25(32)18-6-2-1-3-7-18)13-12-23-28-22-9-5-4-8-21(22)26(33)30(23)20-10-11-20/h4-5,8-9,18-20H,1-3,6-7,10-17H2,(H,27,32). The van der Waals surface area contributed by atoms with E-state index in [9.17, 15) is 14.4 Å². The minimum absolute atomic E-state index is 0.0140. The van der Waals surface area contributed by atoms with Gasteiger partial charge in [0.15, 0.2) is 0 Å². The highest BCUT2D eigenvalue weighted by atomic mass is 16.2. The molecule has 0 radical (unpaired) electrons. The summed E-state index contributed by atoms with van der Waals surface area (Å²) in [6, 6.07) is 7.85. The molecule has 5 rings (SSSR count). The quantitative estimate of drug-likeness (QED) is 0.732. The van der Waals surface area contributed by atoms with Gasteiger partial charge in [0.2, 0.25) is 11.8 Å². The van der Waals surface area contributed by atoms with Crippen LogP contribution in [0.4, 0.5) is 0 Å². The van der Waals surface area contributed by atoms with Gasteiger partial charge in [-0.1, -0.05) is 31.4 Å². The van der Waals surface area contributed by atoms with Crippen molar-refractivity contribution in [1.82, 2.24) is 19.8 Å². The van der Waals surface area contributed by atoms with Crippen LogP contribution in [0.2, 0.25) is 0 Å². The number of piperidine rings is 1. The van der Waals surface area contributed by atoms with Gasteiger partial charge in [-0.05, 0) is 50.7 Å². The largest absolute Gasteiger partial charge is 0.353 e. The van der Waals surface area contributed by atoms with E-state index >= 15 is 0 Å². The Morgan fingerprint density at radius 3 is 2.42 bits per heavy atom. The summed E-state index contributed by atoms with van der Waals surface area (Å²) in [5.41, 5.74) is 0.719. The highest BCUT2D eigenvalue weighted by Crippen LogP contribution is 2.35. The molecule has 1 aromatic heterocycles. The third-order valence-corrected chi connectivity index (χ3v) is 7.53. The number of aromatic nitrogens is 2. The summed E-state index contributed by atoms with van der Waals surface area (Å²) in [5.74, 6) is 1.22. The van der Waals surface area contributed by atoms with Crippen LogP contribution >= 0.6 is 0 Å². The number of hydrogen-bond acceptors (Lipinski definition) is 4. The fourth-order valence-electron chi connectivity index (χ4n) is 5.41. The molecular formula is C26H34N4O3. The van der Waals surface area contributed by atoms with Crippen LogP contribution in [0.1, 0.15) is 76.1 Å². The molecule has 0 atom stereocenters. The van der Waals surface area contributed by atoms with Crippen molar-refractivity contribution in [2.75, 3.05) is 13.1 Å². The summed E-state index contributed by atoms with van der Waals surface area (Å²) >= 11 is 0. The second-order valence-corrected chi connectivity index (χ2v) is 9.95. The fraction of sp³-hybridized carbons (Fsp3) is 0.615. The molecule has 176 valence electrons. The van der Waals surface area contributed by atoms with Crippen molar-refractivity contribution in [1.29, 1.82) is 0 Å². The average molecular weight is 451 g/mol. The highest BCUT2D eigenvalue weighted by Gasteiger charge is 2.30. The molecule has 33 heavy (non-hydrogen) atoms. The van der Waals surface area contributed by atoms with Gasteiger partial charge in [-0.2, -0.15) is 0 Å². The first-order valence-electron chi connectivity index (χ1n) is 12.7. The van der Waals surface area contributed by atoms with Crippen LogP contribution in [0, 0.1) is 5.92 Å². The lowest BCUT2D eigenvalue weighted by Gasteiger charge is -2.33. The number of hydrogen-bond donors (Lipinski definition) is 1. The van der Waals surface area contributed by atoms with Gasteiger partial charge in [0.25, 0.3) is 5.56 Å². The van der Waals surface area contributed by atoms with Gasteiger partial charge < -0.3 is 10.2 Å². The first-order chi connectivity index (χ1) is 16.1. The first-order valence-corrected chi connectivity index (χ1v) is 12.7. The Labute approximate surface area is 194 Å². The summed E-state index contributed by atoms with van der Waals surface area (Å²) in [6.45, 7) is 1.35. The molecule has 0 bridgehead atoms. The molecule has 3 aliphatic rings. The van der Waals surface area contributed by atoms with Crippen LogP contribution in [0.15, 0.2) is 29.1 Å². The second kappa shape index (κ2) is 9.65. The normalized spacial score (nSPS) is 20.2. The van der Waals surface area contributed by atoms with Gasteiger partial charge in [0.1, 0.15) is 5.82 Å². The van der Waals surface area contributed by atoms with Gasteiger partial charge in [-0.15, -0.1) is 0 Å². The Morgan fingerprint density at radius 2 is 1.70 bits per heavy atom. The number of likely N-dealkylation sites (tertiary alicyclic amines) is 1. The van der Waals surface area contributed by atoms with Crippen LogP contribution in [0.25, 0.3) is 10.9 Å². The molecule has 2 aromatic rings. The van der Waals surface area contributed by atoms with Crippen LogP contribution in [-0.2, 0) is 16.0 Å². The predicted molar refractivity (Wildman–Crippen MR) is 127 cm³/mol. The molecule has 1 aliphatic heterocycles. The smallest absolute Gasteiger partial charge is 0.261 e. The number of amides is 2. The lowest BCUT2D eigenvalue weighted by atomic mass is 9.88. The summed E-state index contributed by atoms with van der Waals surface area (Å²) < 4.78 is 1.82. The summed E-state index contributed by atoms with van der Waals surface area (Å²) in [5, 5.41) is 3.88. The Bertz CT molecular complexity index is 1080. The number of benzene rings is 1. The van der Waals surface area contributed by atoms with Crippen LogP contribution < -0.4 is 10.9 Å². The monoisotopic (exact) mass is 450 g/mol. The average Bonchev–Trinajstić information content (AvgIpc) is 3.69. The maximum absolute atomic E-state index is 13.0. The number of nitrogens with zero attached hydrogens (tertiary/aromatic N) is 3. The predicted octanol–water partition coefficient (Wildman–Crippen LogP) is 3.35. The molecule has 0 unspecified atom stereocenters. The van der Waals surface area contributed by atoms with Crippen molar-refractivity contribution < 1.29 is 9.59 Å². The maximum Gasteiger partial charge on any atom is 0.261 e. The minimum atomic E-state index is 0.0140. The number of nitrogens with one attached hydrogen (secondary N) is 1. The number of carbonyl (C=O) groups excluding carboxylic acids is 2. The van der Waals surface area contributed by atoms with Crippen molar-refractivity contribution in [3.63, 3.8) is 0 Å². The fourth-order valence-corrected chi connectivity index (χ4v) is 5.41. The molecule has 2 amide bonds. The van der Waals surface area contributed by atoms with Crippen LogP contribution in [-0.4, -0.2) is 45.4 Å². The molecule has 2 heterocycles. The van der Waals surface area contributed by atoms with Gasteiger partial charge in [0.05, 0.1) is 10.9 Å². The van der Waals surface area contributed by atoms with Crippen LogP contribution in [0.5, 0.6) is 0 Å². The van der Waals surface area contributed by atoms with Crippen molar-refractivity contribution in [2.45, 2.75) is 82.7 Å². The van der Waals surface area contributed by atoms with Crippen molar-refractivity contribution in [2.24, 2.45) is 5.92 Å². The third-order valence-electron chi connectivity index (χ3n) is 7.53. The van der Waals surface area contributed by atoms with Crippen molar-refractivity contribution >= 4 is 22.7 Å². The van der Waals surface area contributed by atoms with E-state index in [1.54, 1.807) is 0 Å². The van der Waals surface area contributed by atoms with E-state index in [2.05, 4.69) is 5.32 Å². The molecule has 3 fully saturated rings. The Kier molecular flexibility index (Phi) is 6.47. The summed E-state index contributed by atoms with van der Waals surface area (Å²) in [6.07, 6.45) is 10.0. The molecule has 2 saturated carbocycles. The maximum atomic E-state index is 13.0. The molecule has 7 nitrogen and oxygen atoms in total. The van der Waals surface area contributed by atoms with E-state index in [4.69, 9.17) is 4.98 Å². The molecular weight excluding hydrogens is 416 g/mol. The van der Waals surface area contributed by atoms with E-state index in [0.717, 1.165) is 57.2 Å². The Morgan fingerprint density at radius 1 is 0.970 bits per heavy atom.